The largest absolute Gasteiger partial charge is 0.346 e. The van der Waals surface area contributed by atoms with Gasteiger partial charge in [-0.15, -0.1) is 10.2 Å². The lowest BCUT2D eigenvalue weighted by molar-refractivity contribution is 0.0905. The molecule has 124 valence electrons. The van der Waals surface area contributed by atoms with Gasteiger partial charge in [0.1, 0.15) is 17.7 Å². The number of aromatic nitrogens is 7. The van der Waals surface area contributed by atoms with Crippen LogP contribution in [0.15, 0.2) is 18.6 Å². The van der Waals surface area contributed by atoms with Crippen molar-refractivity contribution in [2.24, 2.45) is 5.92 Å². The predicted octanol–water partition coefficient (Wildman–Crippen LogP) is 1.52. The van der Waals surface area contributed by atoms with Gasteiger partial charge in [0, 0.05) is 6.20 Å². The second kappa shape index (κ2) is 6.34. The monoisotopic (exact) mass is 326 g/mol. The molecule has 3 heterocycles. The summed E-state index contributed by atoms with van der Waals surface area (Å²) in [6, 6.07) is 1.54. The summed E-state index contributed by atoms with van der Waals surface area (Å²) in [6.45, 7) is 0. The van der Waals surface area contributed by atoms with E-state index in [0.29, 0.717) is 28.5 Å². The first-order chi connectivity index (χ1) is 11.8. The topological polar surface area (TPSA) is 125 Å². The summed E-state index contributed by atoms with van der Waals surface area (Å²) in [4.78, 5) is 24.1. The van der Waals surface area contributed by atoms with Gasteiger partial charge in [-0.25, -0.2) is 9.97 Å². The summed E-state index contributed by atoms with van der Waals surface area (Å²) < 4.78 is 0. The fraction of sp³-hybridized carbons (Fsp3) is 0.467. The van der Waals surface area contributed by atoms with E-state index in [2.05, 4.69) is 40.9 Å². The van der Waals surface area contributed by atoms with Crippen molar-refractivity contribution in [2.45, 2.75) is 38.1 Å². The summed E-state index contributed by atoms with van der Waals surface area (Å²) in [5.74, 6) is 0.584. The third kappa shape index (κ3) is 2.72. The van der Waals surface area contributed by atoms with Gasteiger partial charge in [-0.3, -0.25) is 4.79 Å². The lowest BCUT2D eigenvalue weighted by atomic mass is 9.83. The quantitative estimate of drug-likeness (QED) is 0.667. The minimum atomic E-state index is -0.263. The molecule has 1 aliphatic carbocycles. The number of carbonyl (C=O) groups is 1. The Morgan fingerprint density at radius 1 is 1.25 bits per heavy atom. The summed E-state index contributed by atoms with van der Waals surface area (Å²) in [5.41, 5.74) is 0.995. The highest BCUT2D eigenvalue weighted by molar-refractivity contribution is 6.03. The maximum atomic E-state index is 12.8. The van der Waals surface area contributed by atoms with Crippen molar-refractivity contribution in [3.63, 3.8) is 0 Å². The zero-order valence-electron chi connectivity index (χ0n) is 13.1. The van der Waals surface area contributed by atoms with Gasteiger partial charge < -0.3 is 10.3 Å². The molecule has 9 nitrogen and oxygen atoms in total. The van der Waals surface area contributed by atoms with Gasteiger partial charge >= 0.3 is 0 Å². The second-order valence-electron chi connectivity index (χ2n) is 6.08. The Morgan fingerprint density at radius 2 is 2.12 bits per heavy atom. The van der Waals surface area contributed by atoms with Crippen LogP contribution in [0.3, 0.4) is 0 Å². The fourth-order valence-electron chi connectivity index (χ4n) is 3.42. The second-order valence-corrected chi connectivity index (χ2v) is 6.08. The molecule has 0 bridgehead atoms. The summed E-state index contributed by atoms with van der Waals surface area (Å²) in [6.07, 6.45) is 8.77. The van der Waals surface area contributed by atoms with E-state index < -0.39 is 0 Å². The van der Waals surface area contributed by atoms with Crippen LogP contribution in [-0.4, -0.2) is 41.5 Å². The lowest BCUT2D eigenvalue weighted by Gasteiger charge is -2.28. The van der Waals surface area contributed by atoms with E-state index in [-0.39, 0.29) is 11.9 Å². The molecule has 0 aromatic carbocycles. The summed E-state index contributed by atoms with van der Waals surface area (Å²) in [7, 11) is 0. The number of hydrogen-bond acceptors (Lipinski definition) is 6. The first-order valence-electron chi connectivity index (χ1n) is 8.15. The number of nitrogens with zero attached hydrogens (tertiary/aromatic N) is 5. The first kappa shape index (κ1) is 14.7. The Kier molecular flexibility index (Phi) is 3.89. The Bertz CT molecular complexity index is 821. The molecule has 4 rings (SSSR count). The smallest absolute Gasteiger partial charge is 0.271 e. The highest BCUT2D eigenvalue weighted by atomic mass is 16.2. The average Bonchev–Trinajstić information content (AvgIpc) is 3.31. The van der Waals surface area contributed by atoms with E-state index in [9.17, 15) is 4.79 Å². The third-order valence-electron chi connectivity index (χ3n) is 4.62. The van der Waals surface area contributed by atoms with Crippen LogP contribution >= 0.6 is 0 Å². The van der Waals surface area contributed by atoms with Gasteiger partial charge in [0.25, 0.3) is 5.91 Å². The van der Waals surface area contributed by atoms with Crippen LogP contribution in [0.4, 0.5) is 0 Å². The van der Waals surface area contributed by atoms with E-state index in [1.807, 2.05) is 0 Å². The van der Waals surface area contributed by atoms with E-state index in [1.165, 1.54) is 12.7 Å². The average molecular weight is 326 g/mol. The number of H-pyrrole nitrogens is 2. The molecule has 3 aromatic rings. The third-order valence-corrected chi connectivity index (χ3v) is 4.62. The molecule has 3 N–H and O–H groups in total. The van der Waals surface area contributed by atoms with Gasteiger partial charge in [0.15, 0.2) is 5.82 Å². The summed E-state index contributed by atoms with van der Waals surface area (Å²) in [5, 5.41) is 18.1. The fourth-order valence-corrected chi connectivity index (χ4v) is 3.42. The number of amides is 1. The van der Waals surface area contributed by atoms with Gasteiger partial charge in [-0.2, -0.15) is 5.21 Å². The molecule has 0 radical (unpaired) electrons. The first-order valence-corrected chi connectivity index (χ1v) is 8.15. The molecule has 0 aliphatic heterocycles. The van der Waals surface area contributed by atoms with Crippen LogP contribution in [0.1, 0.15) is 54.5 Å². The number of tetrazole rings is 1. The molecule has 1 atom stereocenters. The van der Waals surface area contributed by atoms with Crippen LogP contribution in [0.25, 0.3) is 11.0 Å². The molecule has 0 spiro atoms. The van der Waals surface area contributed by atoms with Gasteiger partial charge in [-0.05, 0) is 24.8 Å². The summed E-state index contributed by atoms with van der Waals surface area (Å²) >= 11 is 0. The molecule has 9 heteroatoms. The molecule has 1 aliphatic rings. The Labute approximate surface area is 137 Å². The molecular weight excluding hydrogens is 308 g/mol. The minimum Gasteiger partial charge on any atom is -0.346 e. The standard InChI is InChI=1S/C15H18N8O/c24-15(12-10-6-7-16-13(10)18-8-17-12)19-11(14-20-22-23-21-14)9-4-2-1-3-5-9/h6-9,11H,1-5H2,(H,19,24)(H,16,17,18)(H,20,21,22,23). The highest BCUT2D eigenvalue weighted by Gasteiger charge is 2.30. The normalized spacial score (nSPS) is 17.0. The SMILES string of the molecule is O=C(NC(c1nn[nH]n1)C1CCCCC1)c1ncnc2[nH]ccc12. The Balaban J connectivity index is 1.62. The maximum Gasteiger partial charge on any atom is 0.271 e. The van der Waals surface area contributed by atoms with E-state index in [0.717, 1.165) is 25.7 Å². The van der Waals surface area contributed by atoms with Gasteiger partial charge in [0.05, 0.1) is 11.4 Å². The van der Waals surface area contributed by atoms with Crippen LogP contribution < -0.4 is 5.32 Å². The number of nitrogens with one attached hydrogen (secondary N) is 3. The maximum absolute atomic E-state index is 12.8. The molecule has 1 unspecified atom stereocenters. The van der Waals surface area contributed by atoms with Crippen LogP contribution in [0.2, 0.25) is 0 Å². The molecule has 3 aromatic heterocycles. The Hall–Kier alpha value is -2.84. The van der Waals surface area contributed by atoms with Crippen LogP contribution in [0.5, 0.6) is 0 Å². The molecule has 1 saturated carbocycles. The van der Waals surface area contributed by atoms with Gasteiger partial charge in [-0.1, -0.05) is 24.5 Å². The molecule has 0 saturated heterocycles. The van der Waals surface area contributed by atoms with Gasteiger partial charge in [0.2, 0.25) is 0 Å². The highest BCUT2D eigenvalue weighted by Crippen LogP contribution is 2.33. The number of rotatable bonds is 4. The molecule has 1 fully saturated rings. The van der Waals surface area contributed by atoms with E-state index in [4.69, 9.17) is 0 Å². The van der Waals surface area contributed by atoms with Crippen LogP contribution in [-0.2, 0) is 0 Å². The van der Waals surface area contributed by atoms with Crippen molar-refractivity contribution in [1.29, 1.82) is 0 Å². The number of hydrogen-bond donors (Lipinski definition) is 3. The number of aromatic amines is 2. The zero-order chi connectivity index (χ0) is 16.4. The minimum absolute atomic E-state index is 0.248. The number of fused-ring (bicyclic) bond motifs is 1. The zero-order valence-corrected chi connectivity index (χ0v) is 13.1. The molecule has 1 amide bonds. The van der Waals surface area contributed by atoms with Crippen molar-refractivity contribution in [1.82, 2.24) is 40.9 Å². The van der Waals surface area contributed by atoms with Crippen LogP contribution in [0, 0.1) is 5.92 Å². The van der Waals surface area contributed by atoms with E-state index >= 15 is 0 Å². The van der Waals surface area contributed by atoms with E-state index in [1.54, 1.807) is 12.3 Å². The van der Waals surface area contributed by atoms with Crippen molar-refractivity contribution < 1.29 is 4.79 Å². The molecular formula is C15H18N8O. The lowest BCUT2D eigenvalue weighted by Crippen LogP contribution is -2.35. The van der Waals surface area contributed by atoms with Crippen molar-refractivity contribution in [2.75, 3.05) is 0 Å². The van der Waals surface area contributed by atoms with Crippen molar-refractivity contribution in [3.8, 4) is 0 Å². The Morgan fingerprint density at radius 3 is 2.92 bits per heavy atom. The van der Waals surface area contributed by atoms with Crippen molar-refractivity contribution in [3.05, 3.63) is 30.1 Å². The van der Waals surface area contributed by atoms with Crippen molar-refractivity contribution >= 4 is 16.9 Å². The molecule has 24 heavy (non-hydrogen) atoms. The number of carbonyl (C=O) groups excluding carboxylic acids is 1. The predicted molar refractivity (Wildman–Crippen MR) is 84.8 cm³/mol.